The average Bonchev–Trinajstić information content (AvgIpc) is 2.41. The van der Waals surface area contributed by atoms with Crippen molar-refractivity contribution in [1.82, 2.24) is 9.97 Å². The Bertz CT molecular complexity index is 576. The first kappa shape index (κ1) is 14.1. The predicted molar refractivity (Wildman–Crippen MR) is 82.8 cm³/mol. The van der Waals surface area contributed by atoms with Crippen LogP contribution in [-0.4, -0.2) is 17.0 Å². The third-order valence-corrected chi connectivity index (χ3v) is 3.49. The second kappa shape index (κ2) is 6.21. The molecule has 0 aliphatic heterocycles. The Hall–Kier alpha value is -1.33. The van der Waals surface area contributed by atoms with Crippen LogP contribution in [0.3, 0.4) is 0 Å². The Morgan fingerprint density at radius 1 is 1.37 bits per heavy atom. The van der Waals surface area contributed by atoms with E-state index in [1.807, 2.05) is 24.3 Å². The lowest BCUT2D eigenvalue weighted by Gasteiger charge is -2.16. The standard InChI is InChI=1S/C13H14BrClN4/c1-8(9-4-3-5-10(15)6-9)18-12-11(14)7-17-13(16-2)19-12/h3-8H,1-2H3,(H2,16,17,18,19). The fraction of sp³-hybridized carbons (Fsp3) is 0.231. The molecule has 0 amide bonds. The summed E-state index contributed by atoms with van der Waals surface area (Å²) < 4.78 is 0.820. The fourth-order valence-corrected chi connectivity index (χ4v) is 2.16. The number of hydrogen-bond donors (Lipinski definition) is 2. The molecule has 19 heavy (non-hydrogen) atoms. The molecule has 2 N–H and O–H groups in total. The van der Waals surface area contributed by atoms with Crippen LogP contribution >= 0.6 is 27.5 Å². The molecule has 1 aromatic carbocycles. The number of aromatic nitrogens is 2. The Labute approximate surface area is 125 Å². The summed E-state index contributed by atoms with van der Waals surface area (Å²) in [7, 11) is 1.79. The smallest absolute Gasteiger partial charge is 0.224 e. The molecule has 0 bridgehead atoms. The largest absolute Gasteiger partial charge is 0.362 e. The van der Waals surface area contributed by atoms with Crippen LogP contribution in [0, 0.1) is 0 Å². The molecule has 1 aromatic heterocycles. The van der Waals surface area contributed by atoms with Gasteiger partial charge in [-0.15, -0.1) is 0 Å². The van der Waals surface area contributed by atoms with Crippen LogP contribution < -0.4 is 10.6 Å². The minimum Gasteiger partial charge on any atom is -0.362 e. The molecular weight excluding hydrogens is 328 g/mol. The van der Waals surface area contributed by atoms with Crippen LogP contribution in [0.2, 0.25) is 5.02 Å². The van der Waals surface area contributed by atoms with Crippen molar-refractivity contribution in [3.05, 3.63) is 45.5 Å². The van der Waals surface area contributed by atoms with Crippen LogP contribution in [0.15, 0.2) is 34.9 Å². The second-order valence-corrected chi connectivity index (χ2v) is 5.35. The van der Waals surface area contributed by atoms with Crippen LogP contribution in [-0.2, 0) is 0 Å². The highest BCUT2D eigenvalue weighted by Crippen LogP contribution is 2.26. The van der Waals surface area contributed by atoms with Crippen LogP contribution in [0.25, 0.3) is 0 Å². The van der Waals surface area contributed by atoms with Gasteiger partial charge in [0.05, 0.1) is 10.5 Å². The zero-order chi connectivity index (χ0) is 13.8. The molecule has 0 fully saturated rings. The third kappa shape index (κ3) is 3.58. The van der Waals surface area contributed by atoms with Gasteiger partial charge < -0.3 is 10.6 Å². The molecule has 1 heterocycles. The van der Waals surface area contributed by atoms with Gasteiger partial charge in [-0.25, -0.2) is 4.98 Å². The van der Waals surface area contributed by atoms with Crippen molar-refractivity contribution >= 4 is 39.3 Å². The molecule has 4 nitrogen and oxygen atoms in total. The Kier molecular flexibility index (Phi) is 4.61. The molecule has 6 heteroatoms. The van der Waals surface area contributed by atoms with Crippen LogP contribution in [0.1, 0.15) is 18.5 Å². The summed E-state index contributed by atoms with van der Waals surface area (Å²) in [4.78, 5) is 8.49. The van der Waals surface area contributed by atoms with Gasteiger partial charge in [0.15, 0.2) is 0 Å². The highest BCUT2D eigenvalue weighted by molar-refractivity contribution is 9.10. The molecule has 0 aliphatic carbocycles. The molecule has 2 aromatic rings. The Morgan fingerprint density at radius 3 is 2.84 bits per heavy atom. The summed E-state index contributed by atoms with van der Waals surface area (Å²) in [5, 5.41) is 6.97. The molecule has 0 saturated carbocycles. The van der Waals surface area contributed by atoms with E-state index in [0.29, 0.717) is 5.95 Å². The number of anilines is 2. The van der Waals surface area contributed by atoms with E-state index >= 15 is 0 Å². The van der Waals surface area contributed by atoms with E-state index in [0.717, 1.165) is 20.9 Å². The highest BCUT2D eigenvalue weighted by atomic mass is 79.9. The first-order valence-electron chi connectivity index (χ1n) is 5.82. The van der Waals surface area contributed by atoms with Crippen molar-refractivity contribution in [2.24, 2.45) is 0 Å². The van der Waals surface area contributed by atoms with Crippen LogP contribution in [0.4, 0.5) is 11.8 Å². The minimum atomic E-state index is 0.0922. The van der Waals surface area contributed by atoms with E-state index in [2.05, 4.69) is 43.5 Å². The Morgan fingerprint density at radius 2 is 2.16 bits per heavy atom. The molecule has 1 unspecified atom stereocenters. The maximum Gasteiger partial charge on any atom is 0.224 e. The normalized spacial score (nSPS) is 12.0. The van der Waals surface area contributed by atoms with Gasteiger partial charge in [-0.1, -0.05) is 23.7 Å². The van der Waals surface area contributed by atoms with Gasteiger partial charge in [0.25, 0.3) is 0 Å². The maximum absolute atomic E-state index is 6.00. The molecule has 1 atom stereocenters. The number of benzene rings is 1. The molecule has 100 valence electrons. The average molecular weight is 342 g/mol. The minimum absolute atomic E-state index is 0.0922. The van der Waals surface area contributed by atoms with Crippen molar-refractivity contribution in [3.8, 4) is 0 Å². The zero-order valence-electron chi connectivity index (χ0n) is 10.6. The van der Waals surface area contributed by atoms with Crippen molar-refractivity contribution in [3.63, 3.8) is 0 Å². The monoisotopic (exact) mass is 340 g/mol. The maximum atomic E-state index is 6.00. The molecule has 0 saturated heterocycles. The number of halogens is 2. The lowest BCUT2D eigenvalue weighted by Crippen LogP contribution is -2.10. The van der Waals surface area contributed by atoms with E-state index in [-0.39, 0.29) is 6.04 Å². The second-order valence-electron chi connectivity index (χ2n) is 4.06. The summed E-state index contributed by atoms with van der Waals surface area (Å²) in [6.45, 7) is 2.05. The van der Waals surface area contributed by atoms with Crippen molar-refractivity contribution in [2.75, 3.05) is 17.7 Å². The lowest BCUT2D eigenvalue weighted by atomic mass is 10.1. The Balaban J connectivity index is 2.21. The van der Waals surface area contributed by atoms with Gasteiger partial charge in [0.2, 0.25) is 5.95 Å². The van der Waals surface area contributed by atoms with E-state index < -0.39 is 0 Å². The summed E-state index contributed by atoms with van der Waals surface area (Å²) in [6.07, 6.45) is 1.71. The van der Waals surface area contributed by atoms with Gasteiger partial charge in [-0.05, 0) is 40.5 Å². The summed E-state index contributed by atoms with van der Waals surface area (Å²) in [5.74, 6) is 1.32. The summed E-state index contributed by atoms with van der Waals surface area (Å²) >= 11 is 9.43. The lowest BCUT2D eigenvalue weighted by molar-refractivity contribution is 0.870. The third-order valence-electron chi connectivity index (χ3n) is 2.67. The summed E-state index contributed by atoms with van der Waals surface area (Å²) in [6, 6.07) is 7.85. The first-order chi connectivity index (χ1) is 9.10. The van der Waals surface area contributed by atoms with E-state index in [4.69, 9.17) is 11.6 Å². The molecule has 0 radical (unpaired) electrons. The van der Waals surface area contributed by atoms with Gasteiger partial charge in [-0.3, -0.25) is 0 Å². The van der Waals surface area contributed by atoms with Gasteiger partial charge in [0.1, 0.15) is 5.82 Å². The van der Waals surface area contributed by atoms with E-state index in [9.17, 15) is 0 Å². The topological polar surface area (TPSA) is 49.8 Å². The fourth-order valence-electron chi connectivity index (χ4n) is 1.65. The molecular formula is C13H14BrClN4. The molecule has 2 rings (SSSR count). The van der Waals surface area contributed by atoms with Crippen molar-refractivity contribution in [1.29, 1.82) is 0 Å². The van der Waals surface area contributed by atoms with Gasteiger partial charge >= 0.3 is 0 Å². The van der Waals surface area contributed by atoms with Gasteiger partial charge in [0, 0.05) is 18.3 Å². The molecule has 0 spiro atoms. The highest BCUT2D eigenvalue weighted by Gasteiger charge is 2.10. The number of nitrogens with one attached hydrogen (secondary N) is 2. The quantitative estimate of drug-likeness (QED) is 0.879. The van der Waals surface area contributed by atoms with Crippen LogP contribution in [0.5, 0.6) is 0 Å². The zero-order valence-corrected chi connectivity index (χ0v) is 13.0. The number of rotatable bonds is 4. The van der Waals surface area contributed by atoms with Crippen molar-refractivity contribution in [2.45, 2.75) is 13.0 Å². The number of nitrogens with zero attached hydrogens (tertiary/aromatic N) is 2. The number of hydrogen-bond acceptors (Lipinski definition) is 4. The summed E-state index contributed by atoms with van der Waals surface area (Å²) in [5.41, 5.74) is 1.10. The molecule has 0 aliphatic rings. The van der Waals surface area contributed by atoms with E-state index in [1.54, 1.807) is 13.2 Å². The SMILES string of the molecule is CNc1ncc(Br)c(NC(C)c2cccc(Cl)c2)n1. The first-order valence-corrected chi connectivity index (χ1v) is 6.99. The predicted octanol–water partition coefficient (Wildman–Crippen LogP) is 4.11. The van der Waals surface area contributed by atoms with E-state index in [1.165, 1.54) is 0 Å². The van der Waals surface area contributed by atoms with Crippen molar-refractivity contribution < 1.29 is 0 Å². The van der Waals surface area contributed by atoms with Gasteiger partial charge in [-0.2, -0.15) is 4.98 Å².